The molecule has 0 spiro atoms. The molecule has 1 aromatic heterocycles. The Balaban J connectivity index is 2.96. The summed E-state index contributed by atoms with van der Waals surface area (Å²) in [4.78, 5) is 9.96. The van der Waals surface area contributed by atoms with Crippen LogP contribution in [0, 0.1) is 10.1 Å². The summed E-state index contributed by atoms with van der Waals surface area (Å²) in [5.41, 5.74) is -2.72. The lowest BCUT2D eigenvalue weighted by Gasteiger charge is -2.14. The lowest BCUT2D eigenvalue weighted by Crippen LogP contribution is -1.94. The van der Waals surface area contributed by atoms with Crippen LogP contribution in [0.2, 0.25) is 0 Å². The van der Waals surface area contributed by atoms with Gasteiger partial charge in [-0.05, 0) is 11.8 Å². The van der Waals surface area contributed by atoms with Crippen molar-refractivity contribution in [3.8, 4) is 5.88 Å². The van der Waals surface area contributed by atoms with E-state index in [0.29, 0.717) is 0 Å². The van der Waals surface area contributed by atoms with Gasteiger partial charge >= 0.3 is 0 Å². The number of aromatic nitrogens is 1. The number of thiol groups is 1. The molecule has 0 aromatic carbocycles. The van der Waals surface area contributed by atoms with Gasteiger partial charge in [-0.15, -0.1) is 0 Å². The van der Waals surface area contributed by atoms with Crippen LogP contribution in [0.25, 0.3) is 0 Å². The lowest BCUT2D eigenvalue weighted by molar-refractivity contribution is -0.384. The van der Waals surface area contributed by atoms with Gasteiger partial charge in [0.2, 0.25) is 5.88 Å². The zero-order valence-corrected chi connectivity index (χ0v) is 10.6. The highest BCUT2D eigenvalue weighted by Crippen LogP contribution is 2.52. The quantitative estimate of drug-likeness (QED) is 0.392. The standard InChI is InChI=1S/C6H9N2O4PS2/c1-7-4-5(8(9)10)3-6(7)12-13(14,15)11-2/h3-4H,1-2H3,(H,14,15). The molecule has 1 rings (SSSR count). The molecule has 0 bridgehead atoms. The summed E-state index contributed by atoms with van der Waals surface area (Å²) >= 11 is 8.91. The molecule has 1 heterocycles. The van der Waals surface area contributed by atoms with Crippen LogP contribution in [0.5, 0.6) is 5.88 Å². The van der Waals surface area contributed by atoms with Crippen LogP contribution < -0.4 is 4.52 Å². The first-order valence-corrected chi connectivity index (χ1v) is 7.53. The molecule has 0 N–H and O–H groups in total. The molecule has 1 atom stereocenters. The van der Waals surface area contributed by atoms with Gasteiger partial charge in [0.1, 0.15) is 0 Å². The first-order chi connectivity index (χ1) is 6.85. The van der Waals surface area contributed by atoms with E-state index in [1.54, 1.807) is 7.05 Å². The Labute approximate surface area is 96.7 Å². The first kappa shape index (κ1) is 12.5. The van der Waals surface area contributed by atoms with E-state index >= 15 is 0 Å². The molecule has 9 heteroatoms. The molecule has 84 valence electrons. The van der Waals surface area contributed by atoms with Crippen molar-refractivity contribution in [3.63, 3.8) is 0 Å². The molecule has 15 heavy (non-hydrogen) atoms. The average molecular weight is 268 g/mol. The Morgan fingerprint density at radius 3 is 2.73 bits per heavy atom. The maximum absolute atomic E-state index is 10.5. The Bertz CT molecular complexity index is 433. The Morgan fingerprint density at radius 2 is 2.33 bits per heavy atom. The minimum absolute atomic E-state index is 0.0630. The summed E-state index contributed by atoms with van der Waals surface area (Å²) < 4.78 is 11.5. The van der Waals surface area contributed by atoms with Gasteiger partial charge in [0.25, 0.3) is 11.4 Å². The summed E-state index contributed by atoms with van der Waals surface area (Å²) in [6.45, 7) is 0. The zero-order chi connectivity index (χ0) is 11.6. The molecule has 0 amide bonds. The van der Waals surface area contributed by atoms with Gasteiger partial charge < -0.3 is 13.6 Å². The number of hydrogen-bond acceptors (Lipinski definition) is 5. The van der Waals surface area contributed by atoms with Crippen molar-refractivity contribution in [2.24, 2.45) is 7.05 Å². The molecule has 0 saturated heterocycles. The molecule has 1 unspecified atom stereocenters. The van der Waals surface area contributed by atoms with E-state index in [-0.39, 0.29) is 11.6 Å². The van der Waals surface area contributed by atoms with Crippen molar-refractivity contribution < 1.29 is 14.0 Å². The van der Waals surface area contributed by atoms with Gasteiger partial charge in [-0.1, -0.05) is 12.2 Å². The number of rotatable bonds is 4. The molecule has 0 aliphatic heterocycles. The van der Waals surface area contributed by atoms with E-state index in [9.17, 15) is 10.1 Å². The van der Waals surface area contributed by atoms with Crippen molar-refractivity contribution in [3.05, 3.63) is 22.4 Å². The third kappa shape index (κ3) is 3.20. The second-order valence-corrected chi connectivity index (χ2v) is 7.97. The van der Waals surface area contributed by atoms with Gasteiger partial charge in [0, 0.05) is 14.2 Å². The van der Waals surface area contributed by atoms with Crippen molar-refractivity contribution in [1.29, 1.82) is 0 Å². The number of nitro groups is 1. The van der Waals surface area contributed by atoms with Gasteiger partial charge in [0.15, 0.2) is 0 Å². The average Bonchev–Trinajstić information content (AvgIpc) is 2.47. The Kier molecular flexibility index (Phi) is 3.77. The minimum Gasteiger partial charge on any atom is -0.419 e. The summed E-state index contributed by atoms with van der Waals surface area (Å²) in [6, 6.07) is 1.27. The summed E-state index contributed by atoms with van der Waals surface area (Å²) in [7, 11) is 2.99. The Morgan fingerprint density at radius 1 is 1.73 bits per heavy atom. The third-order valence-electron chi connectivity index (χ3n) is 1.60. The number of nitrogens with zero attached hydrogens (tertiary/aromatic N) is 2. The van der Waals surface area contributed by atoms with Crippen molar-refractivity contribution in [2.45, 2.75) is 0 Å². The molecular weight excluding hydrogens is 259 g/mol. The van der Waals surface area contributed by atoms with Crippen LogP contribution in [0.15, 0.2) is 12.3 Å². The second-order valence-electron chi connectivity index (χ2n) is 2.65. The molecule has 1 aromatic rings. The van der Waals surface area contributed by atoms with E-state index in [0.717, 1.165) is 0 Å². The van der Waals surface area contributed by atoms with Crippen molar-refractivity contribution >= 4 is 35.4 Å². The molecule has 0 aliphatic carbocycles. The number of aryl methyl sites for hydroxylation is 1. The minimum atomic E-state index is -2.65. The van der Waals surface area contributed by atoms with Gasteiger partial charge in [-0.3, -0.25) is 10.1 Å². The fourth-order valence-corrected chi connectivity index (χ4v) is 1.85. The molecule has 0 fully saturated rings. The maximum atomic E-state index is 10.5. The highest BCUT2D eigenvalue weighted by Gasteiger charge is 2.18. The SMILES string of the molecule is COP(=S)(S)Oc1cc([N+](=O)[O-])cn1C. The third-order valence-corrected chi connectivity index (χ3v) is 3.88. The zero-order valence-electron chi connectivity index (χ0n) is 7.98. The van der Waals surface area contributed by atoms with Crippen LogP contribution in [0.4, 0.5) is 5.69 Å². The van der Waals surface area contributed by atoms with Gasteiger partial charge in [0.05, 0.1) is 17.2 Å². The predicted octanol–water partition coefficient (Wildman–Crippen LogP) is 2.11. The number of hydrogen-bond donors (Lipinski definition) is 1. The fourth-order valence-electron chi connectivity index (χ4n) is 0.874. The second kappa shape index (κ2) is 4.52. The van der Waals surface area contributed by atoms with Crippen LogP contribution >= 0.6 is 17.9 Å². The van der Waals surface area contributed by atoms with Gasteiger partial charge in [-0.25, -0.2) is 0 Å². The summed E-state index contributed by atoms with van der Waals surface area (Å²) in [6.07, 6.45) is 1.33. The van der Waals surface area contributed by atoms with Crippen molar-refractivity contribution in [1.82, 2.24) is 4.57 Å². The molecular formula is C6H9N2O4PS2. The van der Waals surface area contributed by atoms with E-state index in [2.05, 4.69) is 12.2 Å². The monoisotopic (exact) mass is 268 g/mol. The van der Waals surface area contributed by atoms with Crippen molar-refractivity contribution in [2.75, 3.05) is 7.11 Å². The van der Waals surface area contributed by atoms with Crippen LogP contribution in [0.1, 0.15) is 0 Å². The van der Waals surface area contributed by atoms with E-state index < -0.39 is 10.6 Å². The van der Waals surface area contributed by atoms with E-state index in [1.165, 1.54) is 23.9 Å². The first-order valence-electron chi connectivity index (χ1n) is 3.74. The smallest absolute Gasteiger partial charge is 0.295 e. The van der Waals surface area contributed by atoms with Crippen LogP contribution in [-0.4, -0.2) is 16.6 Å². The largest absolute Gasteiger partial charge is 0.419 e. The predicted molar refractivity (Wildman–Crippen MR) is 63.0 cm³/mol. The Hall–Kier alpha value is -0.560. The maximum Gasteiger partial charge on any atom is 0.295 e. The van der Waals surface area contributed by atoms with E-state index in [4.69, 9.17) is 20.9 Å². The summed E-state index contributed by atoms with van der Waals surface area (Å²) in [5, 5.41) is 10.5. The molecule has 0 radical (unpaired) electrons. The molecule has 6 nitrogen and oxygen atoms in total. The highest BCUT2D eigenvalue weighted by molar-refractivity contribution is 8.60. The van der Waals surface area contributed by atoms with Crippen LogP contribution in [-0.2, 0) is 23.4 Å². The van der Waals surface area contributed by atoms with Crippen LogP contribution in [0.3, 0.4) is 0 Å². The van der Waals surface area contributed by atoms with Gasteiger partial charge in [-0.2, -0.15) is 0 Å². The van der Waals surface area contributed by atoms with E-state index in [1.807, 2.05) is 0 Å². The highest BCUT2D eigenvalue weighted by atomic mass is 32.9. The fraction of sp³-hybridized carbons (Fsp3) is 0.333. The topological polar surface area (TPSA) is 66.5 Å². The lowest BCUT2D eigenvalue weighted by atomic mass is 10.5. The molecule has 0 aliphatic rings. The summed E-state index contributed by atoms with van der Waals surface area (Å²) in [5.74, 6) is 0.266. The normalized spacial score (nSPS) is 14.6. The molecule has 0 saturated carbocycles.